The van der Waals surface area contributed by atoms with E-state index in [2.05, 4.69) is 53.6 Å². The number of hydrogen-bond acceptors (Lipinski definition) is 2. The molecular weight excluding hydrogens is 314 g/mol. The van der Waals surface area contributed by atoms with E-state index in [1.807, 2.05) is 0 Å². The Balaban J connectivity index is 2.17. The molecule has 0 aromatic carbocycles. The van der Waals surface area contributed by atoms with Crippen molar-refractivity contribution >= 4 is 15.9 Å². The maximum Gasteiger partial charge on any atom is 0.0766 e. The molecule has 1 fully saturated rings. The van der Waals surface area contributed by atoms with Crippen LogP contribution in [0.15, 0.2) is 4.47 Å². The van der Waals surface area contributed by atoms with E-state index in [1.54, 1.807) is 0 Å². The molecule has 1 heterocycles. The lowest BCUT2D eigenvalue weighted by atomic mass is 9.66. The highest BCUT2D eigenvalue weighted by atomic mass is 79.9. The van der Waals surface area contributed by atoms with Crippen molar-refractivity contribution in [2.45, 2.75) is 72.4 Å². The first-order valence-corrected chi connectivity index (χ1v) is 8.78. The van der Waals surface area contributed by atoms with Gasteiger partial charge >= 0.3 is 0 Å². The second-order valence-electron chi connectivity index (χ2n) is 6.44. The molecule has 1 aliphatic rings. The topological polar surface area (TPSA) is 29.9 Å². The largest absolute Gasteiger partial charge is 0.314 e. The Kier molecular flexibility index (Phi) is 5.30. The molecule has 0 saturated heterocycles. The van der Waals surface area contributed by atoms with Gasteiger partial charge in [-0.1, -0.05) is 27.2 Å². The summed E-state index contributed by atoms with van der Waals surface area (Å²) in [6.07, 6.45) is 6.20. The van der Waals surface area contributed by atoms with Gasteiger partial charge in [0.25, 0.3) is 0 Å². The number of halogens is 1. The molecule has 2 rings (SSSR count). The number of nitrogens with one attached hydrogen (secondary N) is 1. The Morgan fingerprint density at radius 1 is 1.35 bits per heavy atom. The summed E-state index contributed by atoms with van der Waals surface area (Å²) < 4.78 is 3.44. The van der Waals surface area contributed by atoms with Crippen LogP contribution >= 0.6 is 15.9 Å². The van der Waals surface area contributed by atoms with Gasteiger partial charge in [0.05, 0.1) is 15.9 Å². The molecule has 0 amide bonds. The van der Waals surface area contributed by atoms with E-state index in [0.717, 1.165) is 25.9 Å². The fraction of sp³-hybridized carbons (Fsp3) is 0.812. The van der Waals surface area contributed by atoms with Crippen LogP contribution in [0.4, 0.5) is 0 Å². The van der Waals surface area contributed by atoms with E-state index in [-0.39, 0.29) is 0 Å². The first kappa shape index (κ1) is 16.0. The summed E-state index contributed by atoms with van der Waals surface area (Å²) in [7, 11) is 0. The van der Waals surface area contributed by atoms with Crippen molar-refractivity contribution in [3.63, 3.8) is 0 Å². The fourth-order valence-electron chi connectivity index (χ4n) is 3.05. The highest BCUT2D eigenvalue weighted by molar-refractivity contribution is 9.10. The molecule has 0 unspecified atom stereocenters. The predicted molar refractivity (Wildman–Crippen MR) is 88.1 cm³/mol. The smallest absolute Gasteiger partial charge is 0.0766 e. The minimum atomic E-state index is 0.449. The Morgan fingerprint density at radius 2 is 2.05 bits per heavy atom. The first-order chi connectivity index (χ1) is 9.51. The van der Waals surface area contributed by atoms with Crippen molar-refractivity contribution in [3.8, 4) is 0 Å². The zero-order chi connectivity index (χ0) is 14.8. The van der Waals surface area contributed by atoms with Crippen molar-refractivity contribution in [3.05, 3.63) is 15.9 Å². The summed E-state index contributed by atoms with van der Waals surface area (Å²) in [6.45, 7) is 10.9. The monoisotopic (exact) mass is 341 g/mol. The van der Waals surface area contributed by atoms with Crippen LogP contribution in [0, 0.1) is 5.41 Å². The molecule has 20 heavy (non-hydrogen) atoms. The van der Waals surface area contributed by atoms with Crippen molar-refractivity contribution in [2.24, 2.45) is 5.41 Å². The Labute approximate surface area is 131 Å². The zero-order valence-electron chi connectivity index (χ0n) is 13.3. The molecule has 4 heteroatoms. The van der Waals surface area contributed by atoms with Crippen LogP contribution in [0.5, 0.6) is 0 Å². The molecule has 1 aromatic rings. The maximum absolute atomic E-state index is 4.73. The van der Waals surface area contributed by atoms with Crippen LogP contribution in [-0.4, -0.2) is 22.4 Å². The highest BCUT2D eigenvalue weighted by Gasteiger charge is 2.38. The Hall–Kier alpha value is -0.350. The van der Waals surface area contributed by atoms with Gasteiger partial charge in [-0.05, 0) is 54.0 Å². The van der Waals surface area contributed by atoms with E-state index in [4.69, 9.17) is 5.10 Å². The molecule has 0 bridgehead atoms. The van der Waals surface area contributed by atoms with Gasteiger partial charge < -0.3 is 5.32 Å². The summed E-state index contributed by atoms with van der Waals surface area (Å²) in [6, 6.07) is 0.568. The number of hydrogen-bond donors (Lipinski definition) is 1. The molecule has 0 radical (unpaired) electrons. The number of aromatic nitrogens is 2. The zero-order valence-corrected chi connectivity index (χ0v) is 14.9. The number of nitrogens with zero attached hydrogens (tertiary/aromatic N) is 2. The average molecular weight is 342 g/mol. The maximum atomic E-state index is 4.73. The molecule has 1 aliphatic carbocycles. The molecule has 114 valence electrons. The summed E-state index contributed by atoms with van der Waals surface area (Å²) in [5.41, 5.74) is 3.05. The van der Waals surface area contributed by atoms with Crippen molar-refractivity contribution in [1.82, 2.24) is 15.1 Å². The highest BCUT2D eigenvalue weighted by Crippen LogP contribution is 2.44. The molecule has 1 N–H and O–H groups in total. The van der Waals surface area contributed by atoms with E-state index in [9.17, 15) is 0 Å². The summed E-state index contributed by atoms with van der Waals surface area (Å²) in [5.74, 6) is 0. The molecular formula is C16H28BrN3. The van der Waals surface area contributed by atoms with Crippen LogP contribution in [0.3, 0.4) is 0 Å². The first-order valence-electron chi connectivity index (χ1n) is 7.98. The van der Waals surface area contributed by atoms with Crippen LogP contribution in [-0.2, 0) is 19.4 Å². The van der Waals surface area contributed by atoms with Crippen LogP contribution in [0.2, 0.25) is 0 Å². The van der Waals surface area contributed by atoms with Crippen molar-refractivity contribution < 1.29 is 0 Å². The van der Waals surface area contributed by atoms with Gasteiger partial charge in [0, 0.05) is 19.1 Å². The standard InChI is InChI=1S/C16H28BrN3/c1-5-13-15(17)14(20(6-2)19-13)10-16(8-7-9-16)11-18-12(3)4/h12,18H,5-11H2,1-4H3. The molecule has 1 saturated carbocycles. The SMILES string of the molecule is CCc1nn(CC)c(CC2(CNC(C)C)CCC2)c1Br. The molecule has 0 aliphatic heterocycles. The Bertz CT molecular complexity index is 447. The lowest BCUT2D eigenvalue weighted by Crippen LogP contribution is -2.44. The number of aryl methyl sites for hydroxylation is 2. The van der Waals surface area contributed by atoms with E-state index >= 15 is 0 Å². The third kappa shape index (κ3) is 3.28. The summed E-state index contributed by atoms with van der Waals surface area (Å²) in [5, 5.41) is 8.38. The summed E-state index contributed by atoms with van der Waals surface area (Å²) in [4.78, 5) is 0. The quantitative estimate of drug-likeness (QED) is 0.813. The van der Waals surface area contributed by atoms with Gasteiger partial charge in [-0.3, -0.25) is 4.68 Å². The van der Waals surface area contributed by atoms with Gasteiger partial charge in [0.2, 0.25) is 0 Å². The van der Waals surface area contributed by atoms with Crippen LogP contribution in [0.1, 0.15) is 58.3 Å². The normalized spacial score (nSPS) is 17.5. The van der Waals surface area contributed by atoms with E-state index in [1.165, 1.54) is 35.1 Å². The third-order valence-electron chi connectivity index (χ3n) is 4.54. The second-order valence-corrected chi connectivity index (χ2v) is 7.24. The number of rotatable bonds is 7. The van der Waals surface area contributed by atoms with Crippen molar-refractivity contribution in [2.75, 3.05) is 6.54 Å². The van der Waals surface area contributed by atoms with E-state index < -0.39 is 0 Å². The minimum absolute atomic E-state index is 0.449. The third-order valence-corrected chi connectivity index (χ3v) is 5.45. The summed E-state index contributed by atoms with van der Waals surface area (Å²) >= 11 is 3.79. The van der Waals surface area contributed by atoms with E-state index in [0.29, 0.717) is 11.5 Å². The lowest BCUT2D eigenvalue weighted by molar-refractivity contribution is 0.123. The predicted octanol–water partition coefficient (Wildman–Crippen LogP) is 3.94. The molecule has 1 aromatic heterocycles. The molecule has 0 spiro atoms. The molecule has 3 nitrogen and oxygen atoms in total. The lowest BCUT2D eigenvalue weighted by Gasteiger charge is -2.43. The average Bonchev–Trinajstić information content (AvgIpc) is 2.68. The van der Waals surface area contributed by atoms with Gasteiger partial charge in [0.1, 0.15) is 0 Å². The fourth-order valence-corrected chi connectivity index (χ4v) is 3.76. The van der Waals surface area contributed by atoms with Gasteiger partial charge in [-0.15, -0.1) is 0 Å². The van der Waals surface area contributed by atoms with Gasteiger partial charge in [-0.25, -0.2) is 0 Å². The minimum Gasteiger partial charge on any atom is -0.314 e. The van der Waals surface area contributed by atoms with Crippen LogP contribution in [0.25, 0.3) is 0 Å². The van der Waals surface area contributed by atoms with Gasteiger partial charge in [-0.2, -0.15) is 5.10 Å². The second kappa shape index (κ2) is 6.61. The Morgan fingerprint density at radius 3 is 2.50 bits per heavy atom. The van der Waals surface area contributed by atoms with Crippen LogP contribution < -0.4 is 5.32 Å². The van der Waals surface area contributed by atoms with Gasteiger partial charge in [0.15, 0.2) is 0 Å². The molecule has 0 atom stereocenters. The van der Waals surface area contributed by atoms with Crippen molar-refractivity contribution in [1.29, 1.82) is 0 Å².